The summed E-state index contributed by atoms with van der Waals surface area (Å²) in [4.78, 5) is 63.1. The third-order valence-electron chi connectivity index (χ3n) is 5.40. The molecule has 1 unspecified atom stereocenters. The standard InChI is InChI=1S/C18H25N9O10S2/c1-18(2,14(30)31)37-25-10(8-6-38-16(21)23-8)12(28)24-11-9(27(13(11)29)39(33,34)35)5-26-4-7(36-17(26)32)3-22-15(19)20/h6-7,9,11H,3-5H2,1-2H3,(H2,21,23)(H,24,28)(H,30,31)(H4,19,20,22)(H,33,34,35)/b25-10-/t7-,9-,11?/m0/s1. The zero-order chi connectivity index (χ0) is 29.3. The lowest BCUT2D eigenvalue weighted by Gasteiger charge is -2.45. The van der Waals surface area contributed by atoms with Crippen molar-refractivity contribution in [3.8, 4) is 0 Å². The number of cyclic esters (lactones) is 1. The number of nitrogens with one attached hydrogen (secondary N) is 1. The second-order valence-electron chi connectivity index (χ2n) is 8.72. The van der Waals surface area contributed by atoms with Crippen molar-refractivity contribution in [2.75, 3.05) is 25.4 Å². The number of aliphatic carboxylic acids is 1. The summed E-state index contributed by atoms with van der Waals surface area (Å²) in [6.45, 7) is 1.67. The van der Waals surface area contributed by atoms with Gasteiger partial charge in [-0.2, -0.15) is 8.42 Å². The Bertz CT molecular complexity index is 1340. The average molecular weight is 592 g/mol. The highest BCUT2D eigenvalue weighted by Gasteiger charge is 2.55. The van der Waals surface area contributed by atoms with Crippen molar-refractivity contribution < 1.29 is 46.8 Å². The largest absolute Gasteiger partial charge is 0.478 e. The third-order valence-corrected chi connectivity index (χ3v) is 7.02. The van der Waals surface area contributed by atoms with Gasteiger partial charge < -0.3 is 42.1 Å². The number of aliphatic imine (C=N–C) groups is 1. The number of amides is 3. The van der Waals surface area contributed by atoms with Crippen molar-refractivity contribution in [3.63, 3.8) is 0 Å². The molecular weight excluding hydrogens is 566 g/mol. The Morgan fingerprint density at radius 2 is 2.03 bits per heavy atom. The summed E-state index contributed by atoms with van der Waals surface area (Å²) in [5, 5.41) is 16.4. The van der Waals surface area contributed by atoms with E-state index < -0.39 is 70.2 Å². The Hall–Kier alpha value is -4.24. The third kappa shape index (κ3) is 6.61. The number of nitrogen functional groups attached to an aromatic ring is 1. The summed E-state index contributed by atoms with van der Waals surface area (Å²) < 4.78 is 38.4. The minimum atomic E-state index is -5.08. The smallest absolute Gasteiger partial charge is 0.410 e. The SMILES string of the molecule is CC(C)(O/N=C(\C(=O)NC1C(=O)N(S(=O)(=O)O)[C@H]1CN1C[C@H](CN=C(N)N)OC1=O)c1csc(N)n1)C(=O)O. The molecule has 39 heavy (non-hydrogen) atoms. The first kappa shape index (κ1) is 29.3. The fourth-order valence-electron chi connectivity index (χ4n) is 3.40. The molecule has 0 spiro atoms. The first-order chi connectivity index (χ1) is 18.0. The first-order valence-corrected chi connectivity index (χ1v) is 13.1. The number of nitrogens with two attached hydrogens (primary N) is 3. The van der Waals surface area contributed by atoms with E-state index in [1.54, 1.807) is 0 Å². The summed E-state index contributed by atoms with van der Waals surface area (Å²) >= 11 is 0.924. The van der Waals surface area contributed by atoms with E-state index in [1.165, 1.54) is 5.38 Å². The Morgan fingerprint density at radius 3 is 2.56 bits per heavy atom. The molecule has 2 aliphatic heterocycles. The van der Waals surface area contributed by atoms with Crippen LogP contribution in [0, 0.1) is 0 Å². The molecule has 0 bridgehead atoms. The molecule has 2 aliphatic rings. The first-order valence-electron chi connectivity index (χ1n) is 10.8. The normalized spacial score (nSPS) is 21.7. The van der Waals surface area contributed by atoms with Crippen molar-refractivity contribution in [3.05, 3.63) is 11.1 Å². The van der Waals surface area contributed by atoms with Gasteiger partial charge >= 0.3 is 22.4 Å². The zero-order valence-electron chi connectivity index (χ0n) is 20.4. The number of aromatic nitrogens is 1. The van der Waals surface area contributed by atoms with Crippen LogP contribution in [0.1, 0.15) is 19.5 Å². The van der Waals surface area contributed by atoms with Crippen LogP contribution in [0.4, 0.5) is 9.93 Å². The molecule has 2 saturated heterocycles. The number of carbonyl (C=O) groups excluding carboxylic acids is 3. The minimum absolute atomic E-state index is 0.0287. The average Bonchev–Trinajstić information content (AvgIpc) is 3.39. The van der Waals surface area contributed by atoms with E-state index in [0.29, 0.717) is 0 Å². The van der Waals surface area contributed by atoms with E-state index in [0.717, 1.165) is 30.1 Å². The van der Waals surface area contributed by atoms with Crippen LogP contribution in [0.3, 0.4) is 0 Å². The predicted octanol–water partition coefficient (Wildman–Crippen LogP) is -3.10. The molecule has 3 rings (SSSR count). The zero-order valence-corrected chi connectivity index (χ0v) is 22.0. The van der Waals surface area contributed by atoms with Crippen molar-refractivity contribution in [1.82, 2.24) is 19.5 Å². The van der Waals surface area contributed by atoms with Gasteiger partial charge in [0.05, 0.1) is 19.1 Å². The van der Waals surface area contributed by atoms with Crippen LogP contribution in [0.5, 0.6) is 0 Å². The summed E-state index contributed by atoms with van der Waals surface area (Å²) in [6.07, 6.45) is -1.67. The number of rotatable bonds is 11. The lowest BCUT2D eigenvalue weighted by atomic mass is 9.97. The van der Waals surface area contributed by atoms with Crippen LogP contribution in [0.15, 0.2) is 15.5 Å². The molecule has 21 heteroatoms. The summed E-state index contributed by atoms with van der Waals surface area (Å²) in [5.74, 6) is -3.99. The maximum atomic E-state index is 13.1. The van der Waals surface area contributed by atoms with Crippen LogP contribution in [0.25, 0.3) is 0 Å². The van der Waals surface area contributed by atoms with Gasteiger partial charge in [-0.25, -0.2) is 23.9 Å². The molecule has 0 radical (unpaired) electrons. The minimum Gasteiger partial charge on any atom is -0.478 e. The maximum Gasteiger partial charge on any atom is 0.410 e. The Labute approximate surface area is 224 Å². The number of carboxylic acid groups (broad SMARTS) is 1. The number of ether oxygens (including phenoxy) is 1. The van der Waals surface area contributed by atoms with E-state index in [2.05, 4.69) is 20.4 Å². The highest BCUT2D eigenvalue weighted by atomic mass is 32.2. The van der Waals surface area contributed by atoms with Crippen LogP contribution in [-0.4, -0.2) is 111 Å². The van der Waals surface area contributed by atoms with Gasteiger partial charge in [-0.1, -0.05) is 5.16 Å². The van der Waals surface area contributed by atoms with E-state index in [1.807, 2.05) is 0 Å². The Balaban J connectivity index is 1.84. The van der Waals surface area contributed by atoms with Gasteiger partial charge in [0, 0.05) is 11.9 Å². The van der Waals surface area contributed by atoms with Gasteiger partial charge in [0.15, 0.2) is 16.8 Å². The number of guanidine groups is 1. The second-order valence-corrected chi connectivity index (χ2v) is 10.9. The number of nitrogens with zero attached hydrogens (tertiary/aromatic N) is 5. The van der Waals surface area contributed by atoms with Crippen molar-refractivity contribution >= 4 is 62.3 Å². The molecule has 0 aliphatic carbocycles. The number of carbonyl (C=O) groups is 4. The second kappa shape index (κ2) is 10.9. The van der Waals surface area contributed by atoms with E-state index >= 15 is 0 Å². The molecule has 1 aromatic rings. The van der Waals surface area contributed by atoms with Gasteiger partial charge in [-0.3, -0.25) is 14.1 Å². The molecule has 1 aromatic heterocycles. The van der Waals surface area contributed by atoms with Gasteiger partial charge in [0.1, 0.15) is 17.8 Å². The highest BCUT2D eigenvalue weighted by molar-refractivity contribution is 7.84. The number of thiazole rings is 1. The number of oxime groups is 1. The molecule has 3 heterocycles. The number of anilines is 1. The van der Waals surface area contributed by atoms with Crippen LogP contribution in [-0.2, 0) is 34.3 Å². The molecular formula is C18H25N9O10S2. The summed E-state index contributed by atoms with van der Waals surface area (Å²) in [6, 6.07) is -3.03. The van der Waals surface area contributed by atoms with Crippen molar-refractivity contribution in [1.29, 1.82) is 0 Å². The fourth-order valence-corrected chi connectivity index (χ4v) is 4.82. The predicted molar refractivity (Wildman–Crippen MR) is 132 cm³/mol. The monoisotopic (exact) mass is 591 g/mol. The van der Waals surface area contributed by atoms with E-state index in [-0.39, 0.29) is 34.2 Å². The Morgan fingerprint density at radius 1 is 1.36 bits per heavy atom. The van der Waals surface area contributed by atoms with Crippen LogP contribution >= 0.6 is 11.3 Å². The summed E-state index contributed by atoms with van der Waals surface area (Å²) in [7, 11) is -5.08. The molecule has 3 amide bonds. The quantitative estimate of drug-likeness (QED) is 0.0488. The van der Waals surface area contributed by atoms with Crippen LogP contribution in [0.2, 0.25) is 0 Å². The molecule has 2 fully saturated rings. The van der Waals surface area contributed by atoms with E-state index in [9.17, 15) is 37.3 Å². The van der Waals surface area contributed by atoms with Crippen LogP contribution < -0.4 is 22.5 Å². The molecule has 214 valence electrons. The molecule has 9 N–H and O–H groups in total. The molecule has 3 atom stereocenters. The number of hydrogen-bond donors (Lipinski definition) is 6. The number of β-lactam (4-membered cyclic amide) rings is 1. The highest BCUT2D eigenvalue weighted by Crippen LogP contribution is 2.27. The topological polar surface area (TPSA) is 296 Å². The van der Waals surface area contributed by atoms with Gasteiger partial charge in [0.25, 0.3) is 11.8 Å². The molecule has 19 nitrogen and oxygen atoms in total. The van der Waals surface area contributed by atoms with Gasteiger partial charge in [-0.15, -0.1) is 11.3 Å². The van der Waals surface area contributed by atoms with E-state index in [4.69, 9.17) is 26.8 Å². The lowest BCUT2D eigenvalue weighted by Crippen LogP contribution is -2.74. The molecule has 0 aromatic carbocycles. The fraction of sp³-hybridized carbons (Fsp3) is 0.500. The Kier molecular flexibility index (Phi) is 8.16. The summed E-state index contributed by atoms with van der Waals surface area (Å²) in [5.41, 5.74) is 13.6. The van der Waals surface area contributed by atoms with Gasteiger partial charge in [-0.05, 0) is 13.8 Å². The van der Waals surface area contributed by atoms with Crippen molar-refractivity contribution in [2.24, 2.45) is 21.6 Å². The van der Waals surface area contributed by atoms with Crippen molar-refractivity contribution in [2.45, 2.75) is 37.6 Å². The maximum absolute atomic E-state index is 13.1. The van der Waals surface area contributed by atoms with Gasteiger partial charge in [0.2, 0.25) is 5.60 Å². The molecule has 0 saturated carbocycles. The lowest BCUT2D eigenvalue weighted by molar-refractivity contribution is -0.161. The number of hydrogen-bond acceptors (Lipinski definition) is 13. The number of carboxylic acids is 1.